The molecule has 7 nitrogen and oxygen atoms in total. The van der Waals surface area contributed by atoms with Gasteiger partial charge in [-0.3, -0.25) is 4.99 Å². The summed E-state index contributed by atoms with van der Waals surface area (Å²) >= 11 is 0. The lowest BCUT2D eigenvalue weighted by Gasteiger charge is -2.10. The van der Waals surface area contributed by atoms with Gasteiger partial charge < -0.3 is 15.8 Å². The van der Waals surface area contributed by atoms with Gasteiger partial charge in [0.25, 0.3) is 0 Å². The van der Waals surface area contributed by atoms with Gasteiger partial charge in [-0.25, -0.2) is 12.7 Å². The van der Waals surface area contributed by atoms with Crippen LogP contribution in [-0.4, -0.2) is 52.2 Å². The highest BCUT2D eigenvalue weighted by Gasteiger charge is 2.12. The van der Waals surface area contributed by atoms with Gasteiger partial charge in [0, 0.05) is 19.8 Å². The van der Waals surface area contributed by atoms with Crippen LogP contribution in [0.15, 0.2) is 29.3 Å². The van der Waals surface area contributed by atoms with Crippen molar-refractivity contribution in [1.82, 2.24) is 4.31 Å². The van der Waals surface area contributed by atoms with E-state index in [4.69, 9.17) is 10.5 Å². The van der Waals surface area contributed by atoms with E-state index in [0.29, 0.717) is 0 Å². The number of aliphatic imine (C=N–C) groups is 1. The van der Waals surface area contributed by atoms with E-state index in [0.717, 1.165) is 15.7 Å². The summed E-state index contributed by atoms with van der Waals surface area (Å²) in [6.07, 6.45) is 0. The molecule has 0 bridgehead atoms. The van der Waals surface area contributed by atoms with E-state index in [2.05, 4.69) is 10.3 Å². The summed E-state index contributed by atoms with van der Waals surface area (Å²) < 4.78 is 29.2. The third-order valence-corrected chi connectivity index (χ3v) is 4.36. The highest BCUT2D eigenvalue weighted by atomic mass is 127. The van der Waals surface area contributed by atoms with Crippen molar-refractivity contribution in [2.45, 2.75) is 0 Å². The molecule has 0 saturated carbocycles. The van der Waals surface area contributed by atoms with E-state index in [1.165, 1.54) is 14.1 Å². The van der Waals surface area contributed by atoms with Gasteiger partial charge in [-0.2, -0.15) is 0 Å². The predicted molar refractivity (Wildman–Crippen MR) is 96.0 cm³/mol. The van der Waals surface area contributed by atoms with Crippen LogP contribution in [0, 0.1) is 0 Å². The van der Waals surface area contributed by atoms with Crippen molar-refractivity contribution in [3.63, 3.8) is 0 Å². The van der Waals surface area contributed by atoms with E-state index in [1.54, 1.807) is 31.4 Å². The third-order valence-electron chi connectivity index (χ3n) is 2.55. The van der Waals surface area contributed by atoms with Crippen molar-refractivity contribution < 1.29 is 13.2 Å². The number of rotatable bonds is 6. The first-order chi connectivity index (χ1) is 9.35. The summed E-state index contributed by atoms with van der Waals surface area (Å²) in [7, 11) is 1.31. The molecule has 0 aliphatic carbocycles. The number of hydrogen-bond donors (Lipinski definition) is 2. The fourth-order valence-electron chi connectivity index (χ4n) is 1.33. The van der Waals surface area contributed by atoms with Crippen molar-refractivity contribution >= 4 is 45.6 Å². The Hall–Kier alpha value is -1.07. The Bertz CT molecular complexity index is 558. The quantitative estimate of drug-likeness (QED) is 0.399. The summed E-state index contributed by atoms with van der Waals surface area (Å²) in [5.74, 6) is 0.831. The van der Waals surface area contributed by atoms with Crippen LogP contribution in [-0.2, 0) is 10.0 Å². The molecule has 0 spiro atoms. The lowest BCUT2D eigenvalue weighted by molar-refractivity contribution is 0.415. The monoisotopic (exact) mass is 428 g/mol. The number of nitrogens with zero attached hydrogens (tertiary/aromatic N) is 2. The van der Waals surface area contributed by atoms with Crippen molar-refractivity contribution in [3.8, 4) is 5.75 Å². The largest absolute Gasteiger partial charge is 0.497 e. The number of sulfonamides is 1. The zero-order chi connectivity index (χ0) is 15.2. The Morgan fingerprint density at radius 2 is 1.90 bits per heavy atom. The molecular formula is C12H21IN4O3S. The van der Waals surface area contributed by atoms with Crippen molar-refractivity contribution in [2.24, 2.45) is 10.7 Å². The molecule has 0 fully saturated rings. The van der Waals surface area contributed by atoms with Crippen LogP contribution >= 0.6 is 24.0 Å². The predicted octanol–water partition coefficient (Wildman–Crippen LogP) is 0.931. The van der Waals surface area contributed by atoms with E-state index in [-0.39, 0.29) is 42.2 Å². The average molecular weight is 428 g/mol. The van der Waals surface area contributed by atoms with Crippen molar-refractivity contribution in [3.05, 3.63) is 24.3 Å². The smallest absolute Gasteiger partial charge is 0.215 e. The molecule has 9 heteroatoms. The molecule has 0 unspecified atom stereocenters. The van der Waals surface area contributed by atoms with Crippen LogP contribution in [0.4, 0.5) is 5.69 Å². The Kier molecular flexibility index (Phi) is 8.59. The lowest BCUT2D eigenvalue weighted by atomic mass is 10.3. The third kappa shape index (κ3) is 6.96. The average Bonchev–Trinajstić information content (AvgIpc) is 2.39. The molecule has 21 heavy (non-hydrogen) atoms. The molecule has 120 valence electrons. The van der Waals surface area contributed by atoms with Gasteiger partial charge in [-0.15, -0.1) is 24.0 Å². The maximum Gasteiger partial charge on any atom is 0.215 e. The molecule has 0 atom stereocenters. The first-order valence-corrected chi connectivity index (χ1v) is 7.57. The van der Waals surface area contributed by atoms with Gasteiger partial charge in [0.1, 0.15) is 5.75 Å². The van der Waals surface area contributed by atoms with Crippen LogP contribution in [0.25, 0.3) is 0 Å². The normalized spacial score (nSPS) is 11.9. The van der Waals surface area contributed by atoms with E-state index >= 15 is 0 Å². The fourth-order valence-corrected chi connectivity index (χ4v) is 2.01. The van der Waals surface area contributed by atoms with Gasteiger partial charge >= 0.3 is 0 Å². The molecule has 0 amide bonds. The van der Waals surface area contributed by atoms with Gasteiger partial charge in [0.15, 0.2) is 5.96 Å². The topological polar surface area (TPSA) is 97.0 Å². The zero-order valence-corrected chi connectivity index (χ0v) is 15.4. The van der Waals surface area contributed by atoms with Crippen molar-refractivity contribution in [2.75, 3.05) is 38.8 Å². The fraction of sp³-hybridized carbons (Fsp3) is 0.417. The molecular weight excluding hydrogens is 407 g/mol. The van der Waals surface area contributed by atoms with Crippen LogP contribution in [0.1, 0.15) is 0 Å². The summed E-state index contributed by atoms with van der Waals surface area (Å²) in [6.45, 7) is 0.107. The minimum Gasteiger partial charge on any atom is -0.497 e. The standard InChI is InChI=1S/C12H20N4O3S.HI/c1-16(2)20(17,18)9-8-14-12(13)15-10-4-6-11(19-3)7-5-10;/h4-7H,8-9H2,1-3H3,(H3,13,14,15);1H. The molecule has 0 aromatic heterocycles. The van der Waals surface area contributed by atoms with E-state index in [9.17, 15) is 8.42 Å². The molecule has 3 N–H and O–H groups in total. The van der Waals surface area contributed by atoms with Gasteiger partial charge in [0.2, 0.25) is 10.0 Å². The Balaban J connectivity index is 0.00000400. The molecule has 0 saturated heterocycles. The summed E-state index contributed by atoms with van der Waals surface area (Å²) in [5.41, 5.74) is 6.43. The van der Waals surface area contributed by atoms with Gasteiger partial charge in [-0.05, 0) is 24.3 Å². The number of methoxy groups -OCH3 is 1. The second-order valence-corrected chi connectivity index (χ2v) is 6.52. The molecule has 1 aromatic carbocycles. The number of anilines is 1. The Labute approximate surface area is 142 Å². The number of hydrogen-bond acceptors (Lipinski definition) is 4. The molecule has 0 radical (unpaired) electrons. The number of ether oxygens (including phenoxy) is 1. The van der Waals surface area contributed by atoms with Crippen LogP contribution < -0.4 is 15.8 Å². The van der Waals surface area contributed by atoms with Gasteiger partial charge in [0.05, 0.1) is 19.4 Å². The summed E-state index contributed by atoms with van der Waals surface area (Å²) in [6, 6.07) is 7.15. The molecule has 0 heterocycles. The van der Waals surface area contributed by atoms with E-state index < -0.39 is 10.0 Å². The maximum atomic E-state index is 11.5. The minimum absolute atomic E-state index is 0. The maximum absolute atomic E-state index is 11.5. The number of halogens is 1. The van der Waals surface area contributed by atoms with Crippen molar-refractivity contribution in [1.29, 1.82) is 0 Å². The lowest BCUT2D eigenvalue weighted by Crippen LogP contribution is -2.28. The SMILES string of the molecule is COc1ccc(NC(N)=NCCS(=O)(=O)N(C)C)cc1.I. The second-order valence-electron chi connectivity index (χ2n) is 4.22. The minimum atomic E-state index is -3.25. The number of nitrogens with one attached hydrogen (secondary N) is 1. The molecule has 0 aliphatic heterocycles. The first kappa shape index (κ1) is 19.9. The Morgan fingerprint density at radius 1 is 1.33 bits per heavy atom. The van der Waals surface area contributed by atoms with Crippen LogP contribution in [0.2, 0.25) is 0 Å². The molecule has 0 aliphatic rings. The van der Waals surface area contributed by atoms with Gasteiger partial charge in [-0.1, -0.05) is 0 Å². The molecule has 1 aromatic rings. The van der Waals surface area contributed by atoms with Crippen LogP contribution in [0.3, 0.4) is 0 Å². The first-order valence-electron chi connectivity index (χ1n) is 5.96. The number of benzene rings is 1. The highest BCUT2D eigenvalue weighted by molar-refractivity contribution is 14.0. The molecule has 1 rings (SSSR count). The van der Waals surface area contributed by atoms with Crippen LogP contribution in [0.5, 0.6) is 5.75 Å². The highest BCUT2D eigenvalue weighted by Crippen LogP contribution is 2.14. The second kappa shape index (κ2) is 9.05. The number of guanidine groups is 1. The summed E-state index contributed by atoms with van der Waals surface area (Å²) in [5, 5.41) is 2.87. The number of nitrogens with two attached hydrogens (primary N) is 1. The Morgan fingerprint density at radius 3 is 2.38 bits per heavy atom. The zero-order valence-electron chi connectivity index (χ0n) is 12.2. The van der Waals surface area contributed by atoms with E-state index in [1.807, 2.05) is 0 Å². The summed E-state index contributed by atoms with van der Waals surface area (Å²) in [4.78, 5) is 3.98.